The first-order valence-corrected chi connectivity index (χ1v) is 7.48. The molecule has 1 aromatic carbocycles. The van der Waals surface area contributed by atoms with Gasteiger partial charge in [0.05, 0.1) is 22.7 Å². The van der Waals surface area contributed by atoms with Crippen LogP contribution in [-0.4, -0.2) is 38.6 Å². The molecule has 9 heteroatoms. The van der Waals surface area contributed by atoms with Gasteiger partial charge in [-0.1, -0.05) is 23.7 Å². The minimum absolute atomic E-state index is 0.0374. The molecule has 1 atom stereocenters. The number of nitrogens with zero attached hydrogens (tertiary/aromatic N) is 3. The Labute approximate surface area is 145 Å². The van der Waals surface area contributed by atoms with E-state index in [1.54, 1.807) is 0 Å². The SMILES string of the molecule is O=C(c1ccccc1Cl)N1N=C(c2ccncc2)C[C@]1(O)C(F)(F)F. The molecule has 1 amide bonds. The number of alkyl halides is 3. The summed E-state index contributed by atoms with van der Waals surface area (Å²) in [5.74, 6) is -1.14. The molecular formula is C16H11ClF3N3O2. The van der Waals surface area contributed by atoms with E-state index in [2.05, 4.69) is 10.1 Å². The quantitative estimate of drug-likeness (QED) is 0.883. The Morgan fingerprint density at radius 3 is 2.44 bits per heavy atom. The van der Waals surface area contributed by atoms with Crippen molar-refractivity contribution in [3.05, 3.63) is 64.9 Å². The topological polar surface area (TPSA) is 65.8 Å². The highest BCUT2D eigenvalue weighted by Crippen LogP contribution is 2.42. The predicted octanol–water partition coefficient (Wildman–Crippen LogP) is 3.24. The molecule has 130 valence electrons. The zero-order chi connectivity index (χ0) is 18.2. The first-order chi connectivity index (χ1) is 11.7. The first-order valence-electron chi connectivity index (χ1n) is 7.10. The molecule has 0 radical (unpaired) electrons. The normalized spacial score (nSPS) is 20.5. The summed E-state index contributed by atoms with van der Waals surface area (Å²) in [5.41, 5.74) is -3.40. The van der Waals surface area contributed by atoms with E-state index in [4.69, 9.17) is 11.6 Å². The van der Waals surface area contributed by atoms with Gasteiger partial charge in [0, 0.05) is 18.0 Å². The average molecular weight is 370 g/mol. The van der Waals surface area contributed by atoms with Crippen LogP contribution in [0.1, 0.15) is 22.3 Å². The number of hydrazone groups is 1. The molecule has 2 aromatic rings. The van der Waals surface area contributed by atoms with Crippen molar-refractivity contribution in [2.75, 3.05) is 0 Å². The maximum atomic E-state index is 13.5. The number of aromatic nitrogens is 1. The lowest BCUT2D eigenvalue weighted by atomic mass is 10.0. The molecule has 5 nitrogen and oxygen atoms in total. The molecule has 0 saturated carbocycles. The zero-order valence-corrected chi connectivity index (χ0v) is 13.3. The largest absolute Gasteiger partial charge is 0.438 e. The highest BCUT2D eigenvalue weighted by atomic mass is 35.5. The van der Waals surface area contributed by atoms with E-state index in [-0.39, 0.29) is 21.3 Å². The Kier molecular flexibility index (Phi) is 4.26. The molecule has 25 heavy (non-hydrogen) atoms. The van der Waals surface area contributed by atoms with Gasteiger partial charge in [0.2, 0.25) is 0 Å². The maximum Gasteiger partial charge on any atom is 0.438 e. The molecule has 1 aromatic heterocycles. The molecule has 0 unspecified atom stereocenters. The summed E-state index contributed by atoms with van der Waals surface area (Å²) in [6.45, 7) is 0. The molecule has 0 spiro atoms. The standard InChI is InChI=1S/C16H11ClF3N3O2/c17-12-4-2-1-3-11(12)14(24)23-15(25,16(18,19)20)9-13(22-23)10-5-7-21-8-6-10/h1-8,25H,9H2/t15-/m0/s1. The molecule has 0 aliphatic carbocycles. The van der Waals surface area contributed by atoms with Crippen molar-refractivity contribution in [3.63, 3.8) is 0 Å². The Morgan fingerprint density at radius 1 is 1.20 bits per heavy atom. The van der Waals surface area contributed by atoms with E-state index < -0.39 is 24.2 Å². The fourth-order valence-electron chi connectivity index (χ4n) is 2.43. The summed E-state index contributed by atoms with van der Waals surface area (Å²) in [4.78, 5) is 16.3. The van der Waals surface area contributed by atoms with Crippen LogP contribution in [-0.2, 0) is 0 Å². The van der Waals surface area contributed by atoms with Gasteiger partial charge in [-0.05, 0) is 24.3 Å². The van der Waals surface area contributed by atoms with Gasteiger partial charge < -0.3 is 5.11 Å². The van der Waals surface area contributed by atoms with Crippen LogP contribution in [0.15, 0.2) is 53.9 Å². The number of hydrogen-bond acceptors (Lipinski definition) is 4. The number of halogens is 4. The van der Waals surface area contributed by atoms with Crippen LogP contribution >= 0.6 is 11.6 Å². The number of hydrogen-bond donors (Lipinski definition) is 1. The fourth-order valence-corrected chi connectivity index (χ4v) is 2.65. The zero-order valence-electron chi connectivity index (χ0n) is 12.5. The lowest BCUT2D eigenvalue weighted by molar-refractivity contribution is -0.297. The van der Waals surface area contributed by atoms with Crippen LogP contribution < -0.4 is 0 Å². The monoisotopic (exact) mass is 369 g/mol. The van der Waals surface area contributed by atoms with Gasteiger partial charge in [-0.15, -0.1) is 0 Å². The summed E-state index contributed by atoms with van der Waals surface area (Å²) >= 11 is 5.89. The van der Waals surface area contributed by atoms with Crippen LogP contribution in [0.3, 0.4) is 0 Å². The van der Waals surface area contributed by atoms with Gasteiger partial charge >= 0.3 is 6.18 Å². The number of pyridine rings is 1. The van der Waals surface area contributed by atoms with Crippen molar-refractivity contribution in [1.82, 2.24) is 9.99 Å². The maximum absolute atomic E-state index is 13.5. The van der Waals surface area contributed by atoms with Crippen molar-refractivity contribution in [3.8, 4) is 0 Å². The number of carbonyl (C=O) groups excluding carboxylic acids is 1. The van der Waals surface area contributed by atoms with E-state index >= 15 is 0 Å². The molecule has 2 heterocycles. The van der Waals surface area contributed by atoms with Gasteiger partial charge in [0.25, 0.3) is 11.6 Å². The van der Waals surface area contributed by atoms with Gasteiger partial charge in [-0.3, -0.25) is 9.78 Å². The lowest BCUT2D eigenvalue weighted by Gasteiger charge is -2.32. The Bertz CT molecular complexity index is 842. The van der Waals surface area contributed by atoms with Crippen LogP contribution in [0.2, 0.25) is 5.02 Å². The Hall–Kier alpha value is -2.45. The third-order valence-corrected chi connectivity index (χ3v) is 4.08. The molecule has 1 aliphatic rings. The summed E-state index contributed by atoms with van der Waals surface area (Å²) in [7, 11) is 0. The minimum Gasteiger partial charge on any atom is -0.362 e. The summed E-state index contributed by atoms with van der Waals surface area (Å²) in [5, 5.41) is 14.0. The van der Waals surface area contributed by atoms with Gasteiger partial charge in [0.15, 0.2) is 0 Å². The number of amides is 1. The molecule has 1 N–H and O–H groups in total. The van der Waals surface area contributed by atoms with Crippen molar-refractivity contribution in [2.45, 2.75) is 18.3 Å². The van der Waals surface area contributed by atoms with Crippen molar-refractivity contribution < 1.29 is 23.1 Å². The van der Waals surface area contributed by atoms with Gasteiger partial charge in [0.1, 0.15) is 0 Å². The molecule has 0 saturated heterocycles. The van der Waals surface area contributed by atoms with E-state index in [1.807, 2.05) is 0 Å². The summed E-state index contributed by atoms with van der Waals surface area (Å²) < 4.78 is 40.5. The molecule has 0 fully saturated rings. The molecule has 3 rings (SSSR count). The van der Waals surface area contributed by atoms with Crippen molar-refractivity contribution in [1.29, 1.82) is 0 Å². The number of benzene rings is 1. The highest BCUT2D eigenvalue weighted by molar-refractivity contribution is 6.33. The third kappa shape index (κ3) is 2.98. The molecular weight excluding hydrogens is 359 g/mol. The number of carbonyl (C=O) groups is 1. The second-order valence-electron chi connectivity index (χ2n) is 5.37. The van der Waals surface area contributed by atoms with Gasteiger partial charge in [-0.2, -0.15) is 23.3 Å². The number of rotatable bonds is 2. The van der Waals surface area contributed by atoms with E-state index in [0.717, 1.165) is 0 Å². The Balaban J connectivity index is 2.08. The van der Waals surface area contributed by atoms with Crippen LogP contribution in [0.4, 0.5) is 13.2 Å². The van der Waals surface area contributed by atoms with Crippen molar-refractivity contribution in [2.24, 2.45) is 5.10 Å². The van der Waals surface area contributed by atoms with Crippen LogP contribution in [0.25, 0.3) is 0 Å². The highest BCUT2D eigenvalue weighted by Gasteiger charge is 2.63. The van der Waals surface area contributed by atoms with Gasteiger partial charge in [-0.25, -0.2) is 0 Å². The summed E-state index contributed by atoms with van der Waals surface area (Å²) in [6, 6.07) is 8.50. The fraction of sp³-hybridized carbons (Fsp3) is 0.188. The summed E-state index contributed by atoms with van der Waals surface area (Å²) in [6.07, 6.45) is -3.25. The smallest absolute Gasteiger partial charge is 0.362 e. The van der Waals surface area contributed by atoms with E-state index in [1.165, 1.54) is 48.8 Å². The predicted molar refractivity (Wildman–Crippen MR) is 84.0 cm³/mol. The lowest BCUT2D eigenvalue weighted by Crippen LogP contribution is -2.56. The minimum atomic E-state index is -5.11. The van der Waals surface area contributed by atoms with E-state index in [0.29, 0.717) is 5.56 Å². The van der Waals surface area contributed by atoms with Crippen LogP contribution in [0, 0.1) is 0 Å². The van der Waals surface area contributed by atoms with E-state index in [9.17, 15) is 23.1 Å². The first kappa shape index (κ1) is 17.4. The van der Waals surface area contributed by atoms with Crippen molar-refractivity contribution >= 4 is 23.2 Å². The Morgan fingerprint density at radius 2 is 1.84 bits per heavy atom. The third-order valence-electron chi connectivity index (χ3n) is 3.75. The second-order valence-corrected chi connectivity index (χ2v) is 5.78. The number of aliphatic hydroxyl groups is 1. The van der Waals surface area contributed by atoms with Crippen LogP contribution in [0.5, 0.6) is 0 Å². The second kappa shape index (κ2) is 6.12. The average Bonchev–Trinajstić information content (AvgIpc) is 2.94. The molecule has 0 bridgehead atoms. The molecule has 1 aliphatic heterocycles.